The molecule has 1 fully saturated rings. The van der Waals surface area contributed by atoms with Crippen LogP contribution in [0, 0.1) is 17.1 Å². The van der Waals surface area contributed by atoms with Gasteiger partial charge in [-0.05, 0) is 32.0 Å². The van der Waals surface area contributed by atoms with Crippen molar-refractivity contribution in [3.63, 3.8) is 0 Å². The lowest BCUT2D eigenvalue weighted by Crippen LogP contribution is -2.51. The van der Waals surface area contributed by atoms with Gasteiger partial charge >= 0.3 is 0 Å². The molecule has 6 heteroatoms. The molecule has 1 N–H and O–H groups in total. The van der Waals surface area contributed by atoms with Crippen molar-refractivity contribution in [1.29, 1.82) is 5.26 Å². The Hall–Kier alpha value is -1.64. The molecule has 0 atom stereocenters. The Bertz CT molecular complexity index is 588. The zero-order valence-corrected chi connectivity index (χ0v) is 14.0. The molecule has 0 aliphatic heterocycles. The minimum absolute atomic E-state index is 0.0914. The van der Waals surface area contributed by atoms with E-state index in [0.717, 1.165) is 19.3 Å². The largest absolute Gasteiger partial charge is 0.337 e. The molecule has 0 radical (unpaired) electrons. The Morgan fingerprint density at radius 2 is 2.13 bits per heavy atom. The summed E-state index contributed by atoms with van der Waals surface area (Å²) in [6.45, 7) is 0.326. The molecule has 1 amide bonds. The Morgan fingerprint density at radius 1 is 1.43 bits per heavy atom. The molecule has 1 aliphatic carbocycles. The first-order valence-corrected chi connectivity index (χ1v) is 8.17. The quantitative estimate of drug-likeness (QED) is 0.897. The number of hydrogen-bond donors (Lipinski definition) is 1. The fourth-order valence-corrected chi connectivity index (χ4v) is 3.20. The van der Waals surface area contributed by atoms with Crippen molar-refractivity contribution in [3.05, 3.63) is 34.6 Å². The molecule has 4 nitrogen and oxygen atoms in total. The van der Waals surface area contributed by atoms with Gasteiger partial charge in [0.25, 0.3) is 0 Å². The highest BCUT2D eigenvalue weighted by Gasteiger charge is 2.33. The summed E-state index contributed by atoms with van der Waals surface area (Å²) in [5.74, 6) is -0.603. The van der Waals surface area contributed by atoms with Crippen LogP contribution >= 0.6 is 11.6 Å². The maximum absolute atomic E-state index is 13.8. The molecule has 23 heavy (non-hydrogen) atoms. The van der Waals surface area contributed by atoms with Crippen molar-refractivity contribution in [1.82, 2.24) is 10.2 Å². The topological polar surface area (TPSA) is 56.1 Å². The van der Waals surface area contributed by atoms with E-state index in [1.54, 1.807) is 24.1 Å². The van der Waals surface area contributed by atoms with Gasteiger partial charge in [0.15, 0.2) is 0 Å². The summed E-state index contributed by atoms with van der Waals surface area (Å²) in [7, 11) is 1.72. The zero-order chi connectivity index (χ0) is 16.9. The first kappa shape index (κ1) is 17.7. The van der Waals surface area contributed by atoms with Gasteiger partial charge in [-0.1, -0.05) is 36.9 Å². The van der Waals surface area contributed by atoms with Gasteiger partial charge in [-0.15, -0.1) is 0 Å². The van der Waals surface area contributed by atoms with E-state index in [1.807, 2.05) is 0 Å². The third-order valence-electron chi connectivity index (χ3n) is 4.20. The summed E-state index contributed by atoms with van der Waals surface area (Å²) >= 11 is 6.00. The molecule has 0 unspecified atom stereocenters. The first-order valence-electron chi connectivity index (χ1n) is 7.79. The SMILES string of the molecule is CN(CC(=O)NC1(C#N)CCCCC1)Cc1c(F)cccc1Cl. The fourth-order valence-electron chi connectivity index (χ4n) is 2.98. The minimum Gasteiger partial charge on any atom is -0.337 e. The summed E-state index contributed by atoms with van der Waals surface area (Å²) in [6.07, 6.45) is 4.39. The zero-order valence-electron chi connectivity index (χ0n) is 13.2. The Labute approximate surface area is 141 Å². The molecule has 0 spiro atoms. The van der Waals surface area contributed by atoms with Gasteiger partial charge < -0.3 is 5.32 Å². The van der Waals surface area contributed by atoms with Crippen LogP contribution in [0.15, 0.2) is 18.2 Å². The number of nitriles is 1. The molecule has 0 saturated heterocycles. The highest BCUT2D eigenvalue weighted by molar-refractivity contribution is 6.31. The van der Waals surface area contributed by atoms with Crippen LogP contribution in [0.1, 0.15) is 37.7 Å². The lowest BCUT2D eigenvalue weighted by atomic mass is 9.83. The van der Waals surface area contributed by atoms with E-state index in [2.05, 4.69) is 11.4 Å². The molecule has 124 valence electrons. The van der Waals surface area contributed by atoms with Gasteiger partial charge in [0, 0.05) is 17.1 Å². The van der Waals surface area contributed by atoms with Gasteiger partial charge in [0.2, 0.25) is 5.91 Å². The van der Waals surface area contributed by atoms with E-state index in [0.29, 0.717) is 23.4 Å². The molecule has 0 bridgehead atoms. The van der Waals surface area contributed by atoms with Crippen LogP contribution in [-0.4, -0.2) is 29.9 Å². The standard InChI is InChI=1S/C17H21ClFN3O/c1-22(10-13-14(18)6-5-7-15(13)19)11-16(23)21-17(12-20)8-3-2-4-9-17/h5-7H,2-4,8-11H2,1H3,(H,21,23). The number of hydrogen-bond acceptors (Lipinski definition) is 3. The predicted octanol–water partition coefficient (Wildman–Crippen LogP) is 3.25. The number of likely N-dealkylation sites (N-methyl/N-ethyl adjacent to an activating group) is 1. The number of halogens is 2. The number of amides is 1. The normalized spacial score (nSPS) is 16.8. The number of carbonyl (C=O) groups excluding carboxylic acids is 1. The van der Waals surface area contributed by atoms with Crippen molar-refractivity contribution in [3.8, 4) is 6.07 Å². The van der Waals surface area contributed by atoms with E-state index in [9.17, 15) is 14.4 Å². The van der Waals surface area contributed by atoms with Gasteiger partial charge in [-0.2, -0.15) is 5.26 Å². The van der Waals surface area contributed by atoms with Gasteiger partial charge in [-0.25, -0.2) is 4.39 Å². The number of benzene rings is 1. The van der Waals surface area contributed by atoms with E-state index in [4.69, 9.17) is 11.6 Å². The third kappa shape index (κ3) is 4.66. The van der Waals surface area contributed by atoms with Crippen LogP contribution in [0.4, 0.5) is 4.39 Å². The lowest BCUT2D eigenvalue weighted by molar-refractivity contribution is -0.123. The van der Waals surface area contributed by atoms with Crippen molar-refractivity contribution in [2.45, 2.75) is 44.2 Å². The molecular formula is C17H21ClFN3O. The Kier molecular flexibility index (Phi) is 5.97. The molecule has 1 aromatic carbocycles. The summed E-state index contributed by atoms with van der Waals surface area (Å²) in [5.41, 5.74) is -0.372. The van der Waals surface area contributed by atoms with E-state index in [-0.39, 0.29) is 24.8 Å². The average molecular weight is 338 g/mol. The lowest BCUT2D eigenvalue weighted by Gasteiger charge is -2.32. The molecule has 0 heterocycles. The predicted molar refractivity (Wildman–Crippen MR) is 87.3 cm³/mol. The summed E-state index contributed by atoms with van der Waals surface area (Å²) < 4.78 is 13.8. The van der Waals surface area contributed by atoms with Gasteiger partial charge in [0.05, 0.1) is 12.6 Å². The molecule has 2 rings (SSSR count). The highest BCUT2D eigenvalue weighted by atomic mass is 35.5. The maximum atomic E-state index is 13.8. The average Bonchev–Trinajstić information content (AvgIpc) is 2.52. The van der Waals surface area contributed by atoms with Crippen LogP contribution < -0.4 is 5.32 Å². The van der Waals surface area contributed by atoms with Crippen molar-refractivity contribution in [2.75, 3.05) is 13.6 Å². The third-order valence-corrected chi connectivity index (χ3v) is 4.56. The smallest absolute Gasteiger partial charge is 0.235 e. The van der Waals surface area contributed by atoms with Crippen LogP contribution in [0.25, 0.3) is 0 Å². The van der Waals surface area contributed by atoms with Gasteiger partial charge in [0.1, 0.15) is 11.4 Å². The van der Waals surface area contributed by atoms with E-state index >= 15 is 0 Å². The summed E-state index contributed by atoms with van der Waals surface area (Å²) in [6, 6.07) is 6.78. The Balaban J connectivity index is 1.93. The van der Waals surface area contributed by atoms with Crippen molar-refractivity contribution >= 4 is 17.5 Å². The maximum Gasteiger partial charge on any atom is 0.235 e. The number of carbonyl (C=O) groups is 1. The second-order valence-corrected chi connectivity index (χ2v) is 6.58. The monoisotopic (exact) mass is 337 g/mol. The summed E-state index contributed by atoms with van der Waals surface area (Å²) in [5, 5.41) is 12.6. The Morgan fingerprint density at radius 3 is 2.74 bits per heavy atom. The first-order chi connectivity index (χ1) is 11.0. The number of rotatable bonds is 5. The summed E-state index contributed by atoms with van der Waals surface area (Å²) in [4.78, 5) is 13.9. The van der Waals surface area contributed by atoms with Gasteiger partial charge in [-0.3, -0.25) is 9.69 Å². The van der Waals surface area contributed by atoms with Crippen LogP contribution in [0.3, 0.4) is 0 Å². The molecule has 1 saturated carbocycles. The molecule has 1 aromatic rings. The number of nitrogens with zero attached hydrogens (tertiary/aromatic N) is 2. The van der Waals surface area contributed by atoms with Crippen molar-refractivity contribution in [2.24, 2.45) is 0 Å². The van der Waals surface area contributed by atoms with E-state index < -0.39 is 5.54 Å². The fraction of sp³-hybridized carbons (Fsp3) is 0.529. The molecule has 0 aromatic heterocycles. The highest BCUT2D eigenvalue weighted by Crippen LogP contribution is 2.27. The second kappa shape index (κ2) is 7.76. The van der Waals surface area contributed by atoms with Crippen molar-refractivity contribution < 1.29 is 9.18 Å². The molecule has 1 aliphatic rings. The van der Waals surface area contributed by atoms with Crippen LogP contribution in [0.2, 0.25) is 5.02 Å². The van der Waals surface area contributed by atoms with Crippen LogP contribution in [0.5, 0.6) is 0 Å². The molecular weight excluding hydrogens is 317 g/mol. The van der Waals surface area contributed by atoms with E-state index in [1.165, 1.54) is 6.07 Å². The minimum atomic E-state index is -0.744. The number of nitrogens with one attached hydrogen (secondary N) is 1. The van der Waals surface area contributed by atoms with Crippen LogP contribution in [-0.2, 0) is 11.3 Å². The second-order valence-electron chi connectivity index (χ2n) is 6.18.